The first-order valence-corrected chi connectivity index (χ1v) is 13.7. The number of hydrogen-bond donors (Lipinski definition) is 2. The number of nitrogens with zero attached hydrogens (tertiary/aromatic N) is 4. The number of rotatable bonds is 18. The molecule has 14 nitrogen and oxygen atoms in total. The second-order valence-corrected chi connectivity index (χ2v) is 10.6. The number of para-hydroxylation sites is 1. The molecule has 0 saturated carbocycles. The molecule has 0 fully saturated rings. The molecule has 15 heteroatoms. The van der Waals surface area contributed by atoms with Gasteiger partial charge in [-0.1, -0.05) is 18.2 Å². The molecular formula is C24H33N6O8P. The zero-order valence-electron chi connectivity index (χ0n) is 22.2. The lowest BCUT2D eigenvalue weighted by Crippen LogP contribution is -2.46. The first kappa shape index (κ1) is 33.2. The number of Topliss-reactive ketones (excluding diaryl/α,β-unsaturated/α-hetero) is 2. The van der Waals surface area contributed by atoms with Gasteiger partial charge in [0.2, 0.25) is 11.6 Å². The third-order valence-corrected chi connectivity index (χ3v) is 6.43. The van der Waals surface area contributed by atoms with E-state index in [4.69, 9.17) is 25.1 Å². The fraction of sp³-hybridized carbons (Fsp3) is 0.500. The number of nitrogens with one attached hydrogen (secondary N) is 2. The Hall–Kier alpha value is -3.79. The van der Waals surface area contributed by atoms with Crippen LogP contribution in [0, 0.1) is 0 Å². The smallest absolute Gasteiger partial charge is 0.391 e. The van der Waals surface area contributed by atoms with E-state index < -0.39 is 55.5 Å². The maximum Gasteiger partial charge on any atom is 0.391 e. The normalized spacial score (nSPS) is 13.7. The van der Waals surface area contributed by atoms with E-state index in [1.165, 1.54) is 12.1 Å². The van der Waals surface area contributed by atoms with Crippen LogP contribution < -0.4 is 14.7 Å². The molecule has 1 aromatic rings. The van der Waals surface area contributed by atoms with Gasteiger partial charge in [-0.25, -0.2) is 14.7 Å². The molecule has 39 heavy (non-hydrogen) atoms. The summed E-state index contributed by atoms with van der Waals surface area (Å²) in [6, 6.07) is 5.14. The van der Waals surface area contributed by atoms with E-state index in [0.717, 1.165) is 0 Å². The highest BCUT2D eigenvalue weighted by Gasteiger charge is 2.38. The summed E-state index contributed by atoms with van der Waals surface area (Å²) in [5, 5.41) is 5.12. The van der Waals surface area contributed by atoms with E-state index in [1.807, 2.05) is 0 Å². The van der Waals surface area contributed by atoms with Crippen LogP contribution in [0.1, 0.15) is 53.4 Å². The number of benzene rings is 1. The van der Waals surface area contributed by atoms with Crippen molar-refractivity contribution in [3.63, 3.8) is 0 Å². The predicted molar refractivity (Wildman–Crippen MR) is 139 cm³/mol. The van der Waals surface area contributed by atoms with Gasteiger partial charge in [-0.05, 0) is 52.7 Å². The molecule has 2 unspecified atom stereocenters. The molecule has 0 heterocycles. The van der Waals surface area contributed by atoms with Gasteiger partial charge < -0.3 is 25.1 Å². The zero-order chi connectivity index (χ0) is 29.4. The molecule has 0 radical (unpaired) electrons. The Kier molecular flexibility index (Phi) is 14.4. The van der Waals surface area contributed by atoms with E-state index in [2.05, 4.69) is 19.8 Å². The van der Waals surface area contributed by atoms with Crippen molar-refractivity contribution < 1.29 is 47.3 Å². The molecule has 0 aromatic heterocycles. The maximum absolute atomic E-state index is 14.2. The lowest BCUT2D eigenvalue weighted by Gasteiger charge is -2.29. The summed E-state index contributed by atoms with van der Waals surface area (Å²) in [7, 11) is -4.39. The van der Waals surface area contributed by atoms with Gasteiger partial charge >= 0.3 is 32.0 Å². The first-order chi connectivity index (χ1) is 18.4. The Bertz CT molecular complexity index is 1080. The van der Waals surface area contributed by atoms with Crippen LogP contribution in [0.4, 0.5) is 0 Å². The van der Waals surface area contributed by atoms with Crippen molar-refractivity contribution in [1.82, 2.24) is 10.2 Å². The molecule has 1 rings (SSSR count). The lowest BCUT2D eigenvalue weighted by atomic mass is 10.1. The molecule has 0 aliphatic heterocycles. The van der Waals surface area contributed by atoms with E-state index in [-0.39, 0.29) is 31.4 Å². The van der Waals surface area contributed by atoms with E-state index in [9.17, 15) is 23.7 Å². The van der Waals surface area contributed by atoms with Crippen molar-refractivity contribution in [1.29, 1.82) is 0 Å². The van der Waals surface area contributed by atoms with Crippen LogP contribution >= 0.6 is 7.67 Å². The number of carbonyl (C=O) groups is 4. The number of ether oxygens (including phenoxy) is 2. The van der Waals surface area contributed by atoms with Gasteiger partial charge in [0.1, 0.15) is 17.8 Å². The van der Waals surface area contributed by atoms with E-state index in [0.29, 0.717) is 12.4 Å². The van der Waals surface area contributed by atoms with Crippen molar-refractivity contribution in [2.24, 2.45) is 0 Å². The molecule has 2 atom stereocenters. The van der Waals surface area contributed by atoms with Gasteiger partial charge in [-0.2, -0.15) is 9.58 Å². The standard InChI is InChI=1S/C24H33N6O8P/c1-16(2)36-23(33)21(12-10-18(31)14-27-25)29-39(35,38-20-8-6-5-7-9-20)30-22(24(34)37-17(3)4)13-11-19(32)15-28-26/h5-9,14-17,21-22H,10-13H2,1-4H3,(H2,29,30,35). The molecule has 0 bridgehead atoms. The zero-order valence-corrected chi connectivity index (χ0v) is 23.1. The third kappa shape index (κ3) is 13.5. The van der Waals surface area contributed by atoms with Gasteiger partial charge in [0.15, 0.2) is 0 Å². The van der Waals surface area contributed by atoms with Crippen LogP contribution in [0.15, 0.2) is 30.3 Å². The van der Waals surface area contributed by atoms with Crippen LogP contribution in [0.2, 0.25) is 0 Å². The molecule has 1 aromatic carbocycles. The first-order valence-electron chi connectivity index (χ1n) is 12.1. The van der Waals surface area contributed by atoms with Gasteiger partial charge in [-0.15, -0.1) is 0 Å². The minimum absolute atomic E-state index is 0.111. The Labute approximate surface area is 226 Å². The van der Waals surface area contributed by atoms with Crippen molar-refractivity contribution >= 4 is 43.6 Å². The fourth-order valence-electron chi connectivity index (χ4n) is 3.06. The summed E-state index contributed by atoms with van der Waals surface area (Å²) in [6.45, 7) is 6.39. The minimum Gasteiger partial charge on any atom is -0.462 e. The second-order valence-electron chi connectivity index (χ2n) is 8.79. The van der Waals surface area contributed by atoms with Gasteiger partial charge in [-0.3, -0.25) is 19.2 Å². The highest BCUT2D eigenvalue weighted by molar-refractivity contribution is 7.55. The largest absolute Gasteiger partial charge is 0.462 e. The van der Waals surface area contributed by atoms with Crippen LogP contribution in [0.3, 0.4) is 0 Å². The Balaban J connectivity index is 3.41. The summed E-state index contributed by atoms with van der Waals surface area (Å²) in [5.74, 6) is -2.83. The van der Waals surface area contributed by atoms with Crippen molar-refractivity contribution in [2.45, 2.75) is 77.7 Å². The van der Waals surface area contributed by atoms with Gasteiger partial charge in [0.25, 0.3) is 0 Å². The summed E-state index contributed by atoms with van der Waals surface area (Å²) < 4.78 is 30.3. The van der Waals surface area contributed by atoms with Crippen molar-refractivity contribution in [3.8, 4) is 5.75 Å². The molecular weight excluding hydrogens is 531 g/mol. The molecule has 0 spiro atoms. The van der Waals surface area contributed by atoms with Gasteiger partial charge in [0.05, 0.1) is 12.2 Å². The van der Waals surface area contributed by atoms with E-state index >= 15 is 0 Å². The highest BCUT2D eigenvalue weighted by Crippen LogP contribution is 2.41. The lowest BCUT2D eigenvalue weighted by molar-refractivity contribution is -0.150. The minimum atomic E-state index is -4.39. The number of esters is 2. The van der Waals surface area contributed by atoms with Crippen molar-refractivity contribution in [2.75, 3.05) is 0 Å². The third-order valence-electron chi connectivity index (χ3n) is 4.66. The number of hydrogen-bond acceptors (Lipinski definition) is 8. The fourth-order valence-corrected chi connectivity index (χ4v) is 4.95. The van der Waals surface area contributed by atoms with Crippen LogP contribution in [-0.2, 0) is 33.2 Å². The molecule has 212 valence electrons. The summed E-state index contributed by atoms with van der Waals surface area (Å²) in [6.07, 6.45) is -0.803. The Morgan fingerprint density at radius 3 is 1.59 bits per heavy atom. The van der Waals surface area contributed by atoms with E-state index in [1.54, 1.807) is 45.9 Å². The SMILES string of the molecule is CC(C)OC(=O)C(CCC(=O)C=[N+]=[N-])NP(=O)(NC(CCC(=O)C=[N+]=[N-])C(=O)OC(C)C)Oc1ccccc1. The Morgan fingerprint density at radius 1 is 0.821 bits per heavy atom. The predicted octanol–water partition coefficient (Wildman–Crippen LogP) is 2.29. The second kappa shape index (κ2) is 16.9. The monoisotopic (exact) mass is 564 g/mol. The number of ketones is 2. The van der Waals surface area contributed by atoms with Crippen molar-refractivity contribution in [3.05, 3.63) is 41.4 Å². The topological polar surface area (TPSA) is 210 Å². The molecule has 0 saturated heterocycles. The molecule has 0 aliphatic rings. The maximum atomic E-state index is 14.2. The highest BCUT2D eigenvalue weighted by atomic mass is 31.2. The summed E-state index contributed by atoms with van der Waals surface area (Å²) >= 11 is 0. The Morgan fingerprint density at radius 2 is 1.23 bits per heavy atom. The summed E-state index contributed by atoms with van der Waals surface area (Å²) in [5.41, 5.74) is 17.2. The van der Waals surface area contributed by atoms with Gasteiger partial charge in [0, 0.05) is 12.8 Å². The van der Waals surface area contributed by atoms with Crippen LogP contribution in [-0.4, -0.2) is 69.8 Å². The van der Waals surface area contributed by atoms with Crippen LogP contribution in [0.25, 0.3) is 11.1 Å². The van der Waals surface area contributed by atoms with Crippen LogP contribution in [0.5, 0.6) is 5.75 Å². The molecule has 0 amide bonds. The average Bonchev–Trinajstić information content (AvgIpc) is 2.84. The molecule has 2 N–H and O–H groups in total. The number of carbonyl (C=O) groups excluding carboxylic acids is 4. The molecule has 0 aliphatic carbocycles. The average molecular weight is 565 g/mol. The quantitative estimate of drug-likeness (QED) is 0.0873. The summed E-state index contributed by atoms with van der Waals surface area (Å²) in [4.78, 5) is 54.8.